The molecule has 0 aliphatic carbocycles. The third-order valence-corrected chi connectivity index (χ3v) is 2.57. The van der Waals surface area contributed by atoms with E-state index < -0.39 is 12.2 Å². The summed E-state index contributed by atoms with van der Waals surface area (Å²) in [5.74, 6) is 0. The molecular weight excluding hydrogens is 160 g/mol. The van der Waals surface area contributed by atoms with Crippen LogP contribution >= 0.6 is 0 Å². The molecule has 70 valence electrons. The molecular formula is C8H14O4. The Hall–Kier alpha value is -0.160. The van der Waals surface area contributed by atoms with Crippen molar-refractivity contribution in [3.63, 3.8) is 0 Å². The van der Waals surface area contributed by atoms with Crippen LogP contribution in [0.25, 0.3) is 0 Å². The van der Waals surface area contributed by atoms with Crippen LogP contribution in [-0.2, 0) is 9.47 Å². The molecule has 0 spiro atoms. The monoisotopic (exact) mass is 174 g/mol. The molecule has 5 atom stereocenters. The summed E-state index contributed by atoms with van der Waals surface area (Å²) in [7, 11) is 0. The SMILES string of the molecule is C[C@@H]1C[C@H]2O[C@@H](CO)[C@@H](O)[C@@H]2O1. The molecule has 2 rings (SSSR count). The fourth-order valence-electron chi connectivity index (χ4n) is 1.97. The van der Waals surface area contributed by atoms with Gasteiger partial charge < -0.3 is 19.7 Å². The van der Waals surface area contributed by atoms with Crippen LogP contribution in [-0.4, -0.2) is 47.3 Å². The Morgan fingerprint density at radius 1 is 1.42 bits per heavy atom. The Bertz CT molecular complexity index is 170. The Morgan fingerprint density at radius 3 is 2.75 bits per heavy atom. The van der Waals surface area contributed by atoms with Crippen molar-refractivity contribution in [1.29, 1.82) is 0 Å². The van der Waals surface area contributed by atoms with Crippen LogP contribution in [0.2, 0.25) is 0 Å². The van der Waals surface area contributed by atoms with Crippen molar-refractivity contribution in [3.8, 4) is 0 Å². The van der Waals surface area contributed by atoms with Crippen molar-refractivity contribution < 1.29 is 19.7 Å². The van der Waals surface area contributed by atoms with Crippen LogP contribution in [0.15, 0.2) is 0 Å². The van der Waals surface area contributed by atoms with Gasteiger partial charge in [-0.3, -0.25) is 0 Å². The van der Waals surface area contributed by atoms with Crippen molar-refractivity contribution >= 4 is 0 Å². The van der Waals surface area contributed by atoms with Gasteiger partial charge in [0.2, 0.25) is 0 Å². The number of fused-ring (bicyclic) bond motifs is 1. The molecule has 0 saturated carbocycles. The third kappa shape index (κ3) is 1.15. The highest BCUT2D eigenvalue weighted by Crippen LogP contribution is 2.33. The summed E-state index contributed by atoms with van der Waals surface area (Å²) in [5, 5.41) is 18.4. The maximum Gasteiger partial charge on any atom is 0.113 e. The second-order valence-electron chi connectivity index (χ2n) is 3.53. The van der Waals surface area contributed by atoms with E-state index in [9.17, 15) is 5.11 Å². The third-order valence-electron chi connectivity index (χ3n) is 2.57. The van der Waals surface area contributed by atoms with Crippen LogP contribution in [0.3, 0.4) is 0 Å². The summed E-state index contributed by atoms with van der Waals surface area (Å²) in [6, 6.07) is 0. The summed E-state index contributed by atoms with van der Waals surface area (Å²) in [4.78, 5) is 0. The van der Waals surface area contributed by atoms with E-state index in [0.29, 0.717) is 0 Å². The Morgan fingerprint density at radius 2 is 2.17 bits per heavy atom. The molecule has 2 N–H and O–H groups in total. The van der Waals surface area contributed by atoms with Crippen molar-refractivity contribution in [3.05, 3.63) is 0 Å². The highest BCUT2D eigenvalue weighted by molar-refractivity contribution is 4.96. The summed E-state index contributed by atoms with van der Waals surface area (Å²) in [5.41, 5.74) is 0. The molecule has 0 amide bonds. The lowest BCUT2D eigenvalue weighted by Gasteiger charge is -2.15. The Kier molecular flexibility index (Phi) is 2.08. The van der Waals surface area contributed by atoms with Crippen LogP contribution in [0.4, 0.5) is 0 Å². The molecule has 4 heteroatoms. The number of hydrogen-bond acceptors (Lipinski definition) is 4. The van der Waals surface area contributed by atoms with Gasteiger partial charge in [0.25, 0.3) is 0 Å². The first kappa shape index (κ1) is 8.44. The molecule has 4 nitrogen and oxygen atoms in total. The molecule has 2 aliphatic heterocycles. The predicted octanol–water partition coefficient (Wildman–Crippen LogP) is -0.716. The number of rotatable bonds is 1. The fourth-order valence-corrected chi connectivity index (χ4v) is 1.97. The normalized spacial score (nSPS) is 52.8. The summed E-state index contributed by atoms with van der Waals surface area (Å²) in [6.07, 6.45) is -0.380. The van der Waals surface area contributed by atoms with Gasteiger partial charge in [-0.25, -0.2) is 0 Å². The summed E-state index contributed by atoms with van der Waals surface area (Å²) in [6.45, 7) is 1.83. The zero-order valence-corrected chi connectivity index (χ0v) is 7.01. The fraction of sp³-hybridized carbons (Fsp3) is 1.00. The molecule has 2 saturated heterocycles. The minimum absolute atomic E-state index is 0.0212. The van der Waals surface area contributed by atoms with Gasteiger partial charge in [-0.1, -0.05) is 0 Å². The van der Waals surface area contributed by atoms with E-state index in [-0.39, 0.29) is 24.9 Å². The molecule has 0 aromatic rings. The van der Waals surface area contributed by atoms with E-state index in [4.69, 9.17) is 14.6 Å². The van der Waals surface area contributed by atoms with Crippen molar-refractivity contribution in [2.45, 2.75) is 43.9 Å². The zero-order chi connectivity index (χ0) is 8.72. The highest BCUT2D eigenvalue weighted by atomic mass is 16.6. The van der Waals surface area contributed by atoms with Crippen molar-refractivity contribution in [1.82, 2.24) is 0 Å². The van der Waals surface area contributed by atoms with Crippen molar-refractivity contribution in [2.24, 2.45) is 0 Å². The zero-order valence-electron chi connectivity index (χ0n) is 7.01. The molecule has 0 aromatic heterocycles. The molecule has 0 radical (unpaired) electrons. The lowest BCUT2D eigenvalue weighted by atomic mass is 10.1. The van der Waals surface area contributed by atoms with Gasteiger partial charge in [-0.05, 0) is 6.92 Å². The minimum Gasteiger partial charge on any atom is -0.394 e. The first-order valence-electron chi connectivity index (χ1n) is 4.32. The van der Waals surface area contributed by atoms with Crippen LogP contribution in [0.1, 0.15) is 13.3 Å². The predicted molar refractivity (Wildman–Crippen MR) is 40.7 cm³/mol. The number of hydrogen-bond donors (Lipinski definition) is 2. The molecule has 0 bridgehead atoms. The smallest absolute Gasteiger partial charge is 0.113 e. The minimum atomic E-state index is -0.662. The number of aliphatic hydroxyl groups excluding tert-OH is 2. The van der Waals surface area contributed by atoms with E-state index in [2.05, 4.69) is 0 Å². The van der Waals surface area contributed by atoms with Crippen LogP contribution in [0.5, 0.6) is 0 Å². The van der Waals surface area contributed by atoms with Crippen LogP contribution in [0, 0.1) is 0 Å². The molecule has 2 fully saturated rings. The standard InChI is InChI=1S/C8H14O4/c1-4-2-5-8(11-4)7(10)6(3-9)12-5/h4-10H,2-3H2,1H3/t4-,5-,6+,7-,8-/m1/s1. The first-order chi connectivity index (χ1) is 5.72. The maximum atomic E-state index is 9.57. The van der Waals surface area contributed by atoms with Gasteiger partial charge in [0.05, 0.1) is 18.8 Å². The van der Waals surface area contributed by atoms with E-state index in [1.165, 1.54) is 0 Å². The number of ether oxygens (including phenoxy) is 2. The first-order valence-corrected chi connectivity index (χ1v) is 4.32. The highest BCUT2D eigenvalue weighted by Gasteiger charge is 2.48. The van der Waals surface area contributed by atoms with Gasteiger partial charge in [0.1, 0.15) is 18.3 Å². The summed E-state index contributed by atoms with van der Waals surface area (Å²) < 4.78 is 10.8. The number of aliphatic hydroxyl groups is 2. The summed E-state index contributed by atoms with van der Waals surface area (Å²) >= 11 is 0. The van der Waals surface area contributed by atoms with E-state index in [0.717, 1.165) is 6.42 Å². The van der Waals surface area contributed by atoms with E-state index in [1.54, 1.807) is 0 Å². The molecule has 2 aliphatic rings. The van der Waals surface area contributed by atoms with Gasteiger partial charge in [-0.15, -0.1) is 0 Å². The second kappa shape index (κ2) is 2.96. The second-order valence-corrected chi connectivity index (χ2v) is 3.53. The van der Waals surface area contributed by atoms with E-state index >= 15 is 0 Å². The lowest BCUT2D eigenvalue weighted by Crippen LogP contribution is -2.33. The van der Waals surface area contributed by atoms with E-state index in [1.807, 2.05) is 6.92 Å². The Labute approximate surface area is 71.1 Å². The maximum absolute atomic E-state index is 9.57. The van der Waals surface area contributed by atoms with Crippen LogP contribution < -0.4 is 0 Å². The average Bonchev–Trinajstić information content (AvgIpc) is 2.51. The largest absolute Gasteiger partial charge is 0.394 e. The van der Waals surface area contributed by atoms with Gasteiger partial charge in [0, 0.05) is 6.42 Å². The molecule has 12 heavy (non-hydrogen) atoms. The average molecular weight is 174 g/mol. The topological polar surface area (TPSA) is 58.9 Å². The molecule has 0 aromatic carbocycles. The van der Waals surface area contributed by atoms with Crippen molar-refractivity contribution in [2.75, 3.05) is 6.61 Å². The van der Waals surface area contributed by atoms with Gasteiger partial charge >= 0.3 is 0 Å². The van der Waals surface area contributed by atoms with Gasteiger partial charge in [0.15, 0.2) is 0 Å². The Balaban J connectivity index is 2.03. The quantitative estimate of drug-likeness (QED) is 0.551. The molecule has 2 heterocycles. The molecule has 0 unspecified atom stereocenters. The lowest BCUT2D eigenvalue weighted by molar-refractivity contribution is -0.0485. The van der Waals surface area contributed by atoms with Gasteiger partial charge in [-0.2, -0.15) is 0 Å².